The molecule has 1 fully saturated rings. The number of carbonyl (C=O) groups excluding carboxylic acids is 1. The fourth-order valence-corrected chi connectivity index (χ4v) is 2.34. The third-order valence-electron chi connectivity index (χ3n) is 3.34. The molecular formula is C14H16O7. The van der Waals surface area contributed by atoms with Gasteiger partial charge in [-0.05, 0) is 12.1 Å². The fraction of sp³-hybridized carbons (Fsp3) is 0.429. The highest BCUT2D eigenvalue weighted by atomic mass is 16.6. The van der Waals surface area contributed by atoms with Crippen LogP contribution in [-0.2, 0) is 14.3 Å². The van der Waals surface area contributed by atoms with Crippen LogP contribution in [0.3, 0.4) is 0 Å². The molecule has 0 spiro atoms. The van der Waals surface area contributed by atoms with Crippen LogP contribution in [0.4, 0.5) is 0 Å². The van der Waals surface area contributed by atoms with Crippen molar-refractivity contribution in [1.82, 2.24) is 0 Å². The van der Waals surface area contributed by atoms with E-state index in [9.17, 15) is 14.7 Å². The van der Waals surface area contributed by atoms with Crippen molar-refractivity contribution in [2.24, 2.45) is 5.92 Å². The van der Waals surface area contributed by atoms with E-state index in [2.05, 4.69) is 0 Å². The minimum Gasteiger partial charge on any atom is -0.493 e. The first-order valence-corrected chi connectivity index (χ1v) is 6.24. The van der Waals surface area contributed by atoms with E-state index in [-0.39, 0.29) is 6.42 Å². The first-order valence-electron chi connectivity index (χ1n) is 6.24. The molecule has 0 radical (unpaired) electrons. The number of hydrogen-bond acceptors (Lipinski definition) is 6. The molecule has 1 saturated heterocycles. The molecule has 2 rings (SSSR count). The fourth-order valence-electron chi connectivity index (χ4n) is 2.34. The normalized spacial score (nSPS) is 20.8. The summed E-state index contributed by atoms with van der Waals surface area (Å²) in [6, 6.07) is 3.17. The van der Waals surface area contributed by atoms with Gasteiger partial charge in [0.2, 0.25) is 5.75 Å². The van der Waals surface area contributed by atoms with E-state index in [1.165, 1.54) is 21.3 Å². The lowest BCUT2D eigenvalue weighted by molar-refractivity contribution is -0.144. The molecule has 1 aliphatic rings. The molecule has 1 heterocycles. The van der Waals surface area contributed by atoms with Crippen LogP contribution in [0.2, 0.25) is 0 Å². The number of carboxylic acids is 1. The minimum absolute atomic E-state index is 0.156. The predicted molar refractivity (Wildman–Crippen MR) is 70.7 cm³/mol. The molecule has 0 saturated carbocycles. The number of carbonyl (C=O) groups is 2. The average Bonchev–Trinajstić information content (AvgIpc) is 2.87. The average molecular weight is 296 g/mol. The molecule has 1 N–H and O–H groups in total. The summed E-state index contributed by atoms with van der Waals surface area (Å²) >= 11 is 0. The molecule has 114 valence electrons. The van der Waals surface area contributed by atoms with Gasteiger partial charge < -0.3 is 24.1 Å². The third kappa shape index (κ3) is 2.72. The van der Waals surface area contributed by atoms with E-state index < -0.39 is 24.0 Å². The molecule has 21 heavy (non-hydrogen) atoms. The zero-order valence-electron chi connectivity index (χ0n) is 11.9. The van der Waals surface area contributed by atoms with Gasteiger partial charge in [-0.25, -0.2) is 0 Å². The molecule has 1 aliphatic heterocycles. The predicted octanol–water partition coefficient (Wildman–Crippen LogP) is 1.40. The summed E-state index contributed by atoms with van der Waals surface area (Å²) in [7, 11) is 4.38. The Bertz CT molecular complexity index is 541. The summed E-state index contributed by atoms with van der Waals surface area (Å²) in [6.07, 6.45) is -1.03. The van der Waals surface area contributed by atoms with E-state index in [4.69, 9.17) is 18.9 Å². The lowest BCUT2D eigenvalue weighted by Gasteiger charge is -2.18. The van der Waals surface area contributed by atoms with Gasteiger partial charge in [-0.1, -0.05) is 0 Å². The van der Waals surface area contributed by atoms with Gasteiger partial charge in [0.15, 0.2) is 11.5 Å². The van der Waals surface area contributed by atoms with Gasteiger partial charge in [0, 0.05) is 5.56 Å². The Morgan fingerprint density at radius 3 is 2.19 bits per heavy atom. The van der Waals surface area contributed by atoms with E-state index in [1.807, 2.05) is 0 Å². The highest BCUT2D eigenvalue weighted by molar-refractivity contribution is 5.83. The first-order chi connectivity index (χ1) is 10.0. The Morgan fingerprint density at radius 2 is 1.76 bits per heavy atom. The summed E-state index contributed by atoms with van der Waals surface area (Å²) in [5.74, 6) is -1.42. The molecule has 1 aromatic carbocycles. The van der Waals surface area contributed by atoms with Gasteiger partial charge in [-0.3, -0.25) is 9.59 Å². The SMILES string of the molecule is COc1cc([C@H]2OC(=O)C[C@H]2C(=O)O)cc(OC)c1OC. The Labute approximate surface area is 121 Å². The number of ether oxygens (including phenoxy) is 4. The van der Waals surface area contributed by atoms with Crippen molar-refractivity contribution >= 4 is 11.9 Å². The van der Waals surface area contributed by atoms with Crippen molar-refractivity contribution in [2.75, 3.05) is 21.3 Å². The summed E-state index contributed by atoms with van der Waals surface area (Å²) in [6.45, 7) is 0. The molecule has 0 amide bonds. The molecule has 0 bridgehead atoms. The maximum absolute atomic E-state index is 11.4. The first kappa shape index (κ1) is 15.0. The highest BCUT2D eigenvalue weighted by Gasteiger charge is 2.41. The number of hydrogen-bond donors (Lipinski definition) is 1. The highest BCUT2D eigenvalue weighted by Crippen LogP contribution is 2.44. The molecular weight excluding hydrogens is 280 g/mol. The van der Waals surface area contributed by atoms with Gasteiger partial charge >= 0.3 is 11.9 Å². The quantitative estimate of drug-likeness (QED) is 0.821. The second kappa shape index (κ2) is 5.90. The lowest BCUT2D eigenvalue weighted by atomic mass is 9.95. The monoisotopic (exact) mass is 296 g/mol. The summed E-state index contributed by atoms with van der Waals surface area (Å²) in [5.41, 5.74) is 0.489. The number of esters is 1. The van der Waals surface area contributed by atoms with Crippen LogP contribution in [0.15, 0.2) is 12.1 Å². The molecule has 7 nitrogen and oxygen atoms in total. The maximum Gasteiger partial charge on any atom is 0.311 e. The topological polar surface area (TPSA) is 91.3 Å². The van der Waals surface area contributed by atoms with Crippen LogP contribution in [-0.4, -0.2) is 38.4 Å². The van der Waals surface area contributed by atoms with Crippen molar-refractivity contribution in [2.45, 2.75) is 12.5 Å². The number of carboxylic acid groups (broad SMARTS) is 1. The van der Waals surface area contributed by atoms with E-state index in [1.54, 1.807) is 12.1 Å². The van der Waals surface area contributed by atoms with Crippen molar-refractivity contribution in [3.05, 3.63) is 17.7 Å². The largest absolute Gasteiger partial charge is 0.493 e. The molecule has 0 aromatic heterocycles. The lowest BCUT2D eigenvalue weighted by Crippen LogP contribution is -2.17. The second-order valence-electron chi connectivity index (χ2n) is 4.52. The second-order valence-corrected chi connectivity index (χ2v) is 4.52. The van der Waals surface area contributed by atoms with Crippen molar-refractivity contribution in [1.29, 1.82) is 0 Å². The molecule has 7 heteroatoms. The van der Waals surface area contributed by atoms with Crippen molar-refractivity contribution in [3.63, 3.8) is 0 Å². The number of benzene rings is 1. The summed E-state index contributed by atoms with van der Waals surface area (Å²) in [5, 5.41) is 9.20. The molecule has 0 unspecified atom stereocenters. The van der Waals surface area contributed by atoms with Crippen molar-refractivity contribution < 1.29 is 33.6 Å². The molecule has 1 aromatic rings. The smallest absolute Gasteiger partial charge is 0.311 e. The standard InChI is InChI=1S/C14H16O7/c1-18-9-4-7(5-10(19-2)13(9)20-3)12-8(14(16)17)6-11(15)21-12/h4-5,8,12H,6H2,1-3H3,(H,16,17)/t8-,12-/m1/s1. The van der Waals surface area contributed by atoms with Crippen LogP contribution in [0.1, 0.15) is 18.1 Å². The van der Waals surface area contributed by atoms with E-state index in [0.717, 1.165) is 0 Å². The Morgan fingerprint density at radius 1 is 1.19 bits per heavy atom. The van der Waals surface area contributed by atoms with Crippen LogP contribution in [0.25, 0.3) is 0 Å². The Hall–Kier alpha value is -2.44. The van der Waals surface area contributed by atoms with Crippen LogP contribution < -0.4 is 14.2 Å². The third-order valence-corrected chi connectivity index (χ3v) is 3.34. The van der Waals surface area contributed by atoms with Crippen LogP contribution in [0.5, 0.6) is 17.2 Å². The van der Waals surface area contributed by atoms with Gasteiger partial charge in [0.05, 0.1) is 27.8 Å². The number of rotatable bonds is 5. The van der Waals surface area contributed by atoms with E-state index in [0.29, 0.717) is 22.8 Å². The zero-order chi connectivity index (χ0) is 15.6. The number of cyclic esters (lactones) is 1. The summed E-state index contributed by atoms with van der Waals surface area (Å²) < 4.78 is 20.7. The van der Waals surface area contributed by atoms with Crippen molar-refractivity contribution in [3.8, 4) is 17.2 Å². The molecule has 2 atom stereocenters. The summed E-state index contributed by atoms with van der Waals surface area (Å²) in [4.78, 5) is 22.6. The van der Waals surface area contributed by atoms with Gasteiger partial charge in [0.1, 0.15) is 12.0 Å². The molecule has 0 aliphatic carbocycles. The van der Waals surface area contributed by atoms with Gasteiger partial charge in [0.25, 0.3) is 0 Å². The van der Waals surface area contributed by atoms with Crippen LogP contribution >= 0.6 is 0 Å². The van der Waals surface area contributed by atoms with Gasteiger partial charge in [-0.15, -0.1) is 0 Å². The maximum atomic E-state index is 11.4. The minimum atomic E-state index is -1.08. The van der Waals surface area contributed by atoms with E-state index >= 15 is 0 Å². The van der Waals surface area contributed by atoms with Crippen LogP contribution in [0, 0.1) is 5.92 Å². The van der Waals surface area contributed by atoms with Gasteiger partial charge in [-0.2, -0.15) is 0 Å². The Balaban J connectivity index is 2.48. The number of methoxy groups -OCH3 is 3. The zero-order valence-corrected chi connectivity index (χ0v) is 11.9. The number of aliphatic carboxylic acids is 1. The Kier molecular flexibility index (Phi) is 4.21.